The maximum atomic E-state index is 10.7. The normalized spacial score (nSPS) is 13.3. The van der Waals surface area contributed by atoms with Gasteiger partial charge in [0.1, 0.15) is 6.33 Å². The van der Waals surface area contributed by atoms with Crippen LogP contribution in [-0.2, 0) is 17.3 Å². The van der Waals surface area contributed by atoms with E-state index in [1.165, 1.54) is 6.33 Å². The molecule has 0 bridgehead atoms. The van der Waals surface area contributed by atoms with Crippen LogP contribution in [-0.4, -0.2) is 31.0 Å². The highest BCUT2D eigenvalue weighted by Crippen LogP contribution is 2.01. The molecular formula is C5H8ClN3OS. The Bertz CT molecular complexity index is 262. The van der Waals surface area contributed by atoms with Crippen molar-refractivity contribution in [2.45, 2.75) is 6.54 Å². The Balaban J connectivity index is 2.51. The number of rotatable bonds is 3. The van der Waals surface area contributed by atoms with Crippen molar-refractivity contribution in [2.24, 2.45) is 0 Å². The van der Waals surface area contributed by atoms with Crippen LogP contribution in [0.4, 0.5) is 0 Å². The highest BCUT2D eigenvalue weighted by molar-refractivity contribution is 7.84. The summed E-state index contributed by atoms with van der Waals surface area (Å²) in [6, 6.07) is 0. The number of hydrogen-bond acceptors (Lipinski definition) is 3. The minimum absolute atomic E-state index is 0.343. The molecule has 1 unspecified atom stereocenters. The second kappa shape index (κ2) is 3.82. The average Bonchev–Trinajstić information content (AvgIpc) is 2.31. The second-order valence-electron chi connectivity index (χ2n) is 2.07. The monoisotopic (exact) mass is 193 g/mol. The summed E-state index contributed by atoms with van der Waals surface area (Å²) in [5.74, 6) is 0.581. The van der Waals surface area contributed by atoms with E-state index in [0.29, 0.717) is 17.6 Å². The molecule has 1 aromatic heterocycles. The predicted molar refractivity (Wildman–Crippen MR) is 44.0 cm³/mol. The van der Waals surface area contributed by atoms with Gasteiger partial charge in [0.2, 0.25) is 5.28 Å². The Labute approximate surface area is 72.0 Å². The predicted octanol–water partition coefficient (Wildman–Crippen LogP) is 0.310. The zero-order valence-electron chi connectivity index (χ0n) is 6.03. The minimum atomic E-state index is -0.793. The largest absolute Gasteiger partial charge is 0.303 e. The quantitative estimate of drug-likeness (QED) is 0.694. The van der Waals surface area contributed by atoms with Gasteiger partial charge in [-0.3, -0.25) is 4.21 Å². The molecule has 0 aromatic carbocycles. The van der Waals surface area contributed by atoms with E-state index in [4.69, 9.17) is 11.6 Å². The first-order valence-electron chi connectivity index (χ1n) is 3.03. The molecule has 0 aliphatic carbocycles. The van der Waals surface area contributed by atoms with E-state index >= 15 is 0 Å². The lowest BCUT2D eigenvalue weighted by Gasteiger charge is -1.98. The van der Waals surface area contributed by atoms with Crippen molar-refractivity contribution >= 4 is 22.4 Å². The van der Waals surface area contributed by atoms with Gasteiger partial charge in [-0.25, -0.2) is 0 Å². The van der Waals surface area contributed by atoms with Crippen molar-refractivity contribution in [1.82, 2.24) is 14.8 Å². The lowest BCUT2D eigenvalue weighted by molar-refractivity contribution is 0.677. The van der Waals surface area contributed by atoms with Gasteiger partial charge in [-0.05, 0) is 11.6 Å². The molecule has 0 spiro atoms. The molecule has 1 heterocycles. The van der Waals surface area contributed by atoms with Gasteiger partial charge in [0.05, 0.1) is 0 Å². The third-order valence-electron chi connectivity index (χ3n) is 1.19. The second-order valence-corrected chi connectivity index (χ2v) is 3.96. The average molecular weight is 194 g/mol. The summed E-state index contributed by atoms with van der Waals surface area (Å²) in [5.41, 5.74) is 0. The summed E-state index contributed by atoms with van der Waals surface area (Å²) in [7, 11) is -0.793. The van der Waals surface area contributed by atoms with Gasteiger partial charge in [0.15, 0.2) is 0 Å². The Morgan fingerprint density at radius 2 is 2.55 bits per heavy atom. The molecule has 1 rings (SSSR count). The van der Waals surface area contributed by atoms with Crippen LogP contribution in [0, 0.1) is 0 Å². The maximum Gasteiger partial charge on any atom is 0.224 e. The standard InChI is InChI=1S/C5H8ClN3OS/c1-11(10)3-2-9-4-7-8-5(9)6/h4H,2-3H2,1H3. The van der Waals surface area contributed by atoms with Crippen LogP contribution >= 0.6 is 11.6 Å². The fourth-order valence-corrected chi connectivity index (χ4v) is 1.24. The molecule has 4 nitrogen and oxygen atoms in total. The fraction of sp³-hybridized carbons (Fsp3) is 0.600. The molecule has 0 N–H and O–H groups in total. The van der Waals surface area contributed by atoms with E-state index in [1.54, 1.807) is 10.8 Å². The highest BCUT2D eigenvalue weighted by atomic mass is 35.5. The van der Waals surface area contributed by atoms with E-state index in [0.717, 1.165) is 0 Å². The van der Waals surface area contributed by atoms with Crippen molar-refractivity contribution in [3.63, 3.8) is 0 Å². The number of aryl methyl sites for hydroxylation is 1. The minimum Gasteiger partial charge on any atom is -0.303 e. The van der Waals surface area contributed by atoms with Gasteiger partial charge < -0.3 is 4.57 Å². The van der Waals surface area contributed by atoms with Crippen LogP contribution in [0.15, 0.2) is 6.33 Å². The molecule has 11 heavy (non-hydrogen) atoms. The van der Waals surface area contributed by atoms with Crippen molar-refractivity contribution < 1.29 is 4.21 Å². The number of hydrogen-bond donors (Lipinski definition) is 0. The van der Waals surface area contributed by atoms with Gasteiger partial charge in [-0.2, -0.15) is 0 Å². The summed E-state index contributed by atoms with van der Waals surface area (Å²) in [6.07, 6.45) is 3.17. The number of aromatic nitrogens is 3. The maximum absolute atomic E-state index is 10.7. The van der Waals surface area contributed by atoms with Crippen molar-refractivity contribution in [3.8, 4) is 0 Å². The van der Waals surface area contributed by atoms with Crippen molar-refractivity contribution in [1.29, 1.82) is 0 Å². The summed E-state index contributed by atoms with van der Waals surface area (Å²) in [5, 5.41) is 7.50. The molecule has 0 aliphatic heterocycles. The molecule has 6 heteroatoms. The number of halogens is 1. The first-order valence-corrected chi connectivity index (χ1v) is 5.14. The Morgan fingerprint density at radius 1 is 1.82 bits per heavy atom. The third kappa shape index (κ3) is 2.59. The van der Waals surface area contributed by atoms with E-state index in [1.807, 2.05) is 0 Å². The van der Waals surface area contributed by atoms with Crippen LogP contribution in [0.5, 0.6) is 0 Å². The Kier molecular flexibility index (Phi) is 3.02. The molecular weight excluding hydrogens is 186 g/mol. The molecule has 0 saturated carbocycles. The van der Waals surface area contributed by atoms with Crippen molar-refractivity contribution in [3.05, 3.63) is 11.6 Å². The van der Waals surface area contributed by atoms with Crippen LogP contribution < -0.4 is 0 Å². The summed E-state index contributed by atoms with van der Waals surface area (Å²) in [4.78, 5) is 0. The first kappa shape index (κ1) is 8.67. The van der Waals surface area contributed by atoms with E-state index in [-0.39, 0.29) is 0 Å². The number of nitrogens with zero attached hydrogens (tertiary/aromatic N) is 3. The van der Waals surface area contributed by atoms with E-state index in [9.17, 15) is 4.21 Å². The summed E-state index contributed by atoms with van der Waals surface area (Å²) < 4.78 is 12.3. The molecule has 0 amide bonds. The Hall–Kier alpha value is -0.420. The van der Waals surface area contributed by atoms with Crippen LogP contribution in [0.25, 0.3) is 0 Å². The van der Waals surface area contributed by atoms with Crippen molar-refractivity contribution in [2.75, 3.05) is 12.0 Å². The van der Waals surface area contributed by atoms with Gasteiger partial charge in [0.25, 0.3) is 0 Å². The van der Waals surface area contributed by atoms with Crippen LogP contribution in [0.2, 0.25) is 5.28 Å². The summed E-state index contributed by atoms with van der Waals surface area (Å²) in [6.45, 7) is 0.606. The van der Waals surface area contributed by atoms with Gasteiger partial charge in [-0.1, -0.05) is 0 Å². The highest BCUT2D eigenvalue weighted by Gasteiger charge is 1.99. The third-order valence-corrected chi connectivity index (χ3v) is 2.24. The van der Waals surface area contributed by atoms with Crippen LogP contribution in [0.1, 0.15) is 0 Å². The molecule has 0 saturated heterocycles. The summed E-state index contributed by atoms with van der Waals surface area (Å²) >= 11 is 5.61. The van der Waals surface area contributed by atoms with Gasteiger partial charge in [0, 0.05) is 29.4 Å². The topological polar surface area (TPSA) is 47.8 Å². The Morgan fingerprint density at radius 3 is 3.00 bits per heavy atom. The van der Waals surface area contributed by atoms with E-state index in [2.05, 4.69) is 10.2 Å². The molecule has 0 radical (unpaired) electrons. The molecule has 1 aromatic rings. The van der Waals surface area contributed by atoms with Gasteiger partial charge >= 0.3 is 0 Å². The van der Waals surface area contributed by atoms with Gasteiger partial charge in [-0.15, -0.1) is 10.2 Å². The lowest BCUT2D eigenvalue weighted by atomic mass is 10.7. The zero-order chi connectivity index (χ0) is 8.27. The molecule has 0 aliphatic rings. The van der Waals surface area contributed by atoms with Crippen LogP contribution in [0.3, 0.4) is 0 Å². The molecule has 62 valence electrons. The zero-order valence-corrected chi connectivity index (χ0v) is 7.60. The first-order chi connectivity index (χ1) is 5.20. The smallest absolute Gasteiger partial charge is 0.224 e. The lowest BCUT2D eigenvalue weighted by Crippen LogP contribution is -2.05. The molecule has 0 fully saturated rings. The SMILES string of the molecule is CS(=O)CCn1cnnc1Cl. The fourth-order valence-electron chi connectivity index (χ4n) is 0.618. The molecule has 1 atom stereocenters. The van der Waals surface area contributed by atoms with E-state index < -0.39 is 10.8 Å².